The van der Waals surface area contributed by atoms with Crippen LogP contribution in [0.3, 0.4) is 0 Å². The number of hydrogen-bond donors (Lipinski definition) is 4. The van der Waals surface area contributed by atoms with Gasteiger partial charge in [-0.1, -0.05) is 0 Å². The Morgan fingerprint density at radius 3 is 2.46 bits per heavy atom. The smallest absolute Gasteiger partial charge is 0.219 e. The molecule has 1 rings (SSSR count). The second-order valence-electron chi connectivity index (χ2n) is 3.05. The maximum Gasteiger partial charge on any atom is 0.219 e. The van der Waals surface area contributed by atoms with E-state index in [-0.39, 0.29) is 6.61 Å². The van der Waals surface area contributed by atoms with Crippen molar-refractivity contribution in [2.24, 2.45) is 0 Å². The van der Waals surface area contributed by atoms with Crippen molar-refractivity contribution >= 4 is 0 Å². The average Bonchev–Trinajstić information content (AvgIpc) is 2.33. The van der Waals surface area contributed by atoms with Crippen LogP contribution < -0.4 is 0 Å². The van der Waals surface area contributed by atoms with Crippen LogP contribution in [0.4, 0.5) is 0 Å². The van der Waals surface area contributed by atoms with Crippen molar-refractivity contribution in [2.45, 2.75) is 24.1 Å². The van der Waals surface area contributed by atoms with E-state index in [2.05, 4.69) is 0 Å². The minimum absolute atomic E-state index is 0.0422. The molecule has 78 valence electrons. The summed E-state index contributed by atoms with van der Waals surface area (Å²) in [5, 5.41) is 36.7. The maximum atomic E-state index is 9.40. The SMILES string of the molecule is COC[C@H]1O[C@@](O)(CO)[C@H](O)[C@@H]1O. The van der Waals surface area contributed by atoms with Crippen LogP contribution in [0.15, 0.2) is 0 Å². The van der Waals surface area contributed by atoms with Crippen LogP contribution in [0.1, 0.15) is 0 Å². The van der Waals surface area contributed by atoms with Gasteiger partial charge in [-0.05, 0) is 0 Å². The van der Waals surface area contributed by atoms with Crippen LogP contribution in [0.2, 0.25) is 0 Å². The summed E-state index contributed by atoms with van der Waals surface area (Å²) >= 11 is 0. The van der Waals surface area contributed by atoms with E-state index in [0.29, 0.717) is 0 Å². The van der Waals surface area contributed by atoms with Crippen LogP contribution in [0, 0.1) is 0 Å². The molecule has 0 radical (unpaired) electrons. The monoisotopic (exact) mass is 194 g/mol. The molecule has 0 aromatic carbocycles. The minimum atomic E-state index is -2.08. The minimum Gasteiger partial charge on any atom is -0.391 e. The van der Waals surface area contributed by atoms with E-state index in [0.717, 1.165) is 0 Å². The first-order chi connectivity index (χ1) is 6.05. The highest BCUT2D eigenvalue weighted by Gasteiger charge is 2.52. The van der Waals surface area contributed by atoms with E-state index in [9.17, 15) is 15.3 Å². The van der Waals surface area contributed by atoms with Crippen molar-refractivity contribution < 1.29 is 29.9 Å². The van der Waals surface area contributed by atoms with Crippen molar-refractivity contribution in [3.05, 3.63) is 0 Å². The molecule has 0 bridgehead atoms. The van der Waals surface area contributed by atoms with E-state index in [4.69, 9.17) is 14.6 Å². The maximum absolute atomic E-state index is 9.40. The van der Waals surface area contributed by atoms with Crippen molar-refractivity contribution in [2.75, 3.05) is 20.3 Å². The van der Waals surface area contributed by atoms with Crippen LogP contribution in [0.25, 0.3) is 0 Å². The third-order valence-electron chi connectivity index (χ3n) is 2.08. The molecule has 1 aliphatic rings. The Bertz CT molecular complexity index is 174. The molecule has 0 saturated carbocycles. The Labute approximate surface area is 75.3 Å². The third kappa shape index (κ3) is 1.83. The lowest BCUT2D eigenvalue weighted by atomic mass is 10.1. The van der Waals surface area contributed by atoms with Crippen LogP contribution in [-0.4, -0.2) is 64.8 Å². The first-order valence-electron chi connectivity index (χ1n) is 3.91. The van der Waals surface area contributed by atoms with E-state index in [1.165, 1.54) is 7.11 Å². The highest BCUT2D eigenvalue weighted by molar-refractivity contribution is 4.94. The van der Waals surface area contributed by atoms with E-state index < -0.39 is 30.7 Å². The van der Waals surface area contributed by atoms with E-state index >= 15 is 0 Å². The summed E-state index contributed by atoms with van der Waals surface area (Å²) in [6, 6.07) is 0. The van der Waals surface area contributed by atoms with Gasteiger partial charge in [0.15, 0.2) is 0 Å². The van der Waals surface area contributed by atoms with E-state index in [1.54, 1.807) is 0 Å². The fourth-order valence-electron chi connectivity index (χ4n) is 1.30. The van der Waals surface area contributed by atoms with Gasteiger partial charge in [-0.25, -0.2) is 0 Å². The summed E-state index contributed by atoms with van der Waals surface area (Å²) in [6.45, 7) is -0.730. The molecule has 6 nitrogen and oxygen atoms in total. The van der Waals surface area contributed by atoms with Gasteiger partial charge in [0.2, 0.25) is 5.79 Å². The largest absolute Gasteiger partial charge is 0.391 e. The lowest BCUT2D eigenvalue weighted by Crippen LogP contribution is -2.46. The summed E-state index contributed by atoms with van der Waals surface area (Å²) < 4.78 is 9.54. The molecule has 0 amide bonds. The molecule has 1 fully saturated rings. The molecule has 1 saturated heterocycles. The van der Waals surface area contributed by atoms with Gasteiger partial charge >= 0.3 is 0 Å². The number of aliphatic hydroxyl groups is 4. The Kier molecular flexibility index (Phi) is 3.23. The highest BCUT2D eigenvalue weighted by Crippen LogP contribution is 2.28. The molecular weight excluding hydrogens is 180 g/mol. The van der Waals surface area contributed by atoms with Gasteiger partial charge in [0.05, 0.1) is 13.2 Å². The molecule has 0 aromatic heterocycles. The van der Waals surface area contributed by atoms with Crippen molar-refractivity contribution in [3.63, 3.8) is 0 Å². The topological polar surface area (TPSA) is 99.4 Å². The predicted molar refractivity (Wildman–Crippen MR) is 40.8 cm³/mol. The molecule has 4 N–H and O–H groups in total. The molecule has 0 spiro atoms. The zero-order valence-corrected chi connectivity index (χ0v) is 7.25. The second-order valence-corrected chi connectivity index (χ2v) is 3.05. The van der Waals surface area contributed by atoms with Crippen LogP contribution in [0.5, 0.6) is 0 Å². The molecule has 1 aliphatic heterocycles. The zero-order valence-electron chi connectivity index (χ0n) is 7.25. The number of ether oxygens (including phenoxy) is 2. The van der Waals surface area contributed by atoms with Gasteiger partial charge in [-0.15, -0.1) is 0 Å². The standard InChI is InChI=1S/C7H14O6/c1-12-2-4-5(9)6(10)7(11,3-8)13-4/h4-6,8-11H,2-3H2,1H3/t4-,5-,6-,7+/m1/s1. The number of methoxy groups -OCH3 is 1. The van der Waals surface area contributed by atoms with Gasteiger partial charge in [0, 0.05) is 7.11 Å². The normalized spacial score (nSPS) is 45.5. The van der Waals surface area contributed by atoms with Gasteiger partial charge in [-0.3, -0.25) is 0 Å². The summed E-state index contributed by atoms with van der Waals surface area (Å²) in [5.74, 6) is -2.08. The van der Waals surface area contributed by atoms with Crippen LogP contribution >= 0.6 is 0 Å². The summed E-state index contributed by atoms with van der Waals surface area (Å²) in [5.41, 5.74) is 0. The lowest BCUT2D eigenvalue weighted by molar-refractivity contribution is -0.248. The van der Waals surface area contributed by atoms with Crippen LogP contribution in [-0.2, 0) is 9.47 Å². The lowest BCUT2D eigenvalue weighted by Gasteiger charge is -2.22. The molecule has 4 atom stereocenters. The molecule has 0 unspecified atom stereocenters. The average molecular weight is 194 g/mol. The molecule has 0 aliphatic carbocycles. The molecular formula is C7H14O6. The van der Waals surface area contributed by atoms with Gasteiger partial charge in [0.25, 0.3) is 0 Å². The third-order valence-corrected chi connectivity index (χ3v) is 2.08. The zero-order chi connectivity index (χ0) is 10.1. The molecule has 1 heterocycles. The summed E-state index contributed by atoms with van der Waals surface area (Å²) in [7, 11) is 1.40. The Balaban J connectivity index is 2.66. The number of rotatable bonds is 3. The van der Waals surface area contributed by atoms with Gasteiger partial charge in [0.1, 0.15) is 18.3 Å². The first kappa shape index (κ1) is 10.8. The highest BCUT2D eigenvalue weighted by atomic mass is 16.7. The molecule has 6 heteroatoms. The Morgan fingerprint density at radius 2 is 2.08 bits per heavy atom. The van der Waals surface area contributed by atoms with Gasteiger partial charge < -0.3 is 29.9 Å². The second kappa shape index (κ2) is 3.87. The molecule has 13 heavy (non-hydrogen) atoms. The Hall–Kier alpha value is -0.240. The molecule has 0 aromatic rings. The fraction of sp³-hybridized carbons (Fsp3) is 1.00. The summed E-state index contributed by atoms with van der Waals surface area (Å²) in [6.07, 6.45) is -3.59. The number of aliphatic hydroxyl groups excluding tert-OH is 3. The van der Waals surface area contributed by atoms with Gasteiger partial charge in [-0.2, -0.15) is 0 Å². The van der Waals surface area contributed by atoms with E-state index in [1.807, 2.05) is 0 Å². The van der Waals surface area contributed by atoms with Crippen molar-refractivity contribution in [3.8, 4) is 0 Å². The Morgan fingerprint density at radius 1 is 1.46 bits per heavy atom. The predicted octanol–water partition coefficient (Wildman–Crippen LogP) is -2.57. The fourth-order valence-corrected chi connectivity index (χ4v) is 1.30. The van der Waals surface area contributed by atoms with Crippen molar-refractivity contribution in [1.29, 1.82) is 0 Å². The first-order valence-corrected chi connectivity index (χ1v) is 3.91. The number of hydrogen-bond acceptors (Lipinski definition) is 6. The quantitative estimate of drug-likeness (QED) is 0.394. The van der Waals surface area contributed by atoms with Crippen molar-refractivity contribution in [1.82, 2.24) is 0 Å². The summed E-state index contributed by atoms with van der Waals surface area (Å²) in [4.78, 5) is 0.